The number of aromatic nitrogens is 1. The van der Waals surface area contributed by atoms with Crippen LogP contribution in [-0.4, -0.2) is 16.6 Å². The van der Waals surface area contributed by atoms with Crippen LogP contribution in [0, 0.1) is 6.92 Å². The number of Topliss-reactive ketones (excluding diaryl/α,β-unsaturated/α-hetero) is 2. The third-order valence-corrected chi connectivity index (χ3v) is 3.60. The van der Waals surface area contributed by atoms with Crippen molar-refractivity contribution in [2.75, 3.05) is 0 Å². The van der Waals surface area contributed by atoms with Crippen LogP contribution in [0.5, 0.6) is 0 Å². The van der Waals surface area contributed by atoms with Crippen LogP contribution in [0.2, 0.25) is 0 Å². The fourth-order valence-electron chi connectivity index (χ4n) is 1.78. The van der Waals surface area contributed by atoms with Crippen LogP contribution in [0.1, 0.15) is 67.4 Å². The van der Waals surface area contributed by atoms with E-state index in [9.17, 15) is 9.59 Å². The lowest BCUT2D eigenvalue weighted by Gasteiger charge is -2.00. The number of carbonyl (C=O) groups is 2. The summed E-state index contributed by atoms with van der Waals surface area (Å²) in [5.74, 6) is -0.0972. The Morgan fingerprint density at radius 2 is 1.94 bits per heavy atom. The number of unbranched alkanes of at least 4 members (excludes halogenated alkanes) is 4. The van der Waals surface area contributed by atoms with Crippen LogP contribution in [0.25, 0.3) is 0 Å². The molecular weight excluding hydrogens is 246 g/mol. The second-order valence-corrected chi connectivity index (χ2v) is 5.62. The van der Waals surface area contributed by atoms with Crippen molar-refractivity contribution in [3.05, 3.63) is 16.1 Å². The summed E-state index contributed by atoms with van der Waals surface area (Å²) < 4.78 is 0. The molecule has 0 radical (unpaired) electrons. The number of rotatable bonds is 9. The normalized spacial score (nSPS) is 10.6. The SMILES string of the molecule is CCCCCCCC(=O)CC(=O)c1csc(C)n1. The van der Waals surface area contributed by atoms with Gasteiger partial charge in [0.15, 0.2) is 5.78 Å². The van der Waals surface area contributed by atoms with Gasteiger partial charge in [-0.2, -0.15) is 0 Å². The van der Waals surface area contributed by atoms with Gasteiger partial charge in [0.25, 0.3) is 0 Å². The molecule has 18 heavy (non-hydrogen) atoms. The van der Waals surface area contributed by atoms with E-state index in [1.54, 1.807) is 5.38 Å². The molecule has 100 valence electrons. The smallest absolute Gasteiger partial charge is 0.189 e. The minimum atomic E-state index is -0.141. The first-order chi connectivity index (χ1) is 8.63. The van der Waals surface area contributed by atoms with E-state index in [1.807, 2.05) is 6.92 Å². The number of thiazole rings is 1. The van der Waals surface area contributed by atoms with Crippen LogP contribution >= 0.6 is 11.3 Å². The van der Waals surface area contributed by atoms with Gasteiger partial charge in [-0.3, -0.25) is 9.59 Å². The lowest BCUT2D eigenvalue weighted by atomic mass is 10.1. The van der Waals surface area contributed by atoms with Gasteiger partial charge in [-0.25, -0.2) is 4.98 Å². The van der Waals surface area contributed by atoms with E-state index in [4.69, 9.17) is 0 Å². The number of nitrogens with zero attached hydrogens (tertiary/aromatic N) is 1. The molecule has 0 spiro atoms. The number of aryl methyl sites for hydroxylation is 1. The van der Waals surface area contributed by atoms with E-state index in [0.717, 1.165) is 17.8 Å². The number of carbonyl (C=O) groups excluding carboxylic acids is 2. The van der Waals surface area contributed by atoms with Crippen molar-refractivity contribution in [2.45, 2.75) is 58.8 Å². The third kappa shape index (κ3) is 5.54. The van der Waals surface area contributed by atoms with E-state index in [0.29, 0.717) is 12.1 Å². The Morgan fingerprint density at radius 3 is 2.56 bits per heavy atom. The van der Waals surface area contributed by atoms with Gasteiger partial charge >= 0.3 is 0 Å². The van der Waals surface area contributed by atoms with Gasteiger partial charge in [-0.05, 0) is 13.3 Å². The van der Waals surface area contributed by atoms with E-state index >= 15 is 0 Å². The summed E-state index contributed by atoms with van der Waals surface area (Å²) in [4.78, 5) is 27.4. The maximum atomic E-state index is 11.7. The molecule has 3 nitrogen and oxygen atoms in total. The van der Waals surface area contributed by atoms with Crippen LogP contribution in [-0.2, 0) is 4.79 Å². The molecule has 1 aromatic rings. The third-order valence-electron chi connectivity index (χ3n) is 2.82. The Hall–Kier alpha value is -1.03. The molecule has 0 aromatic carbocycles. The highest BCUT2D eigenvalue weighted by molar-refractivity contribution is 7.09. The summed E-state index contributed by atoms with van der Waals surface area (Å²) in [5.41, 5.74) is 0.442. The van der Waals surface area contributed by atoms with Gasteiger partial charge in [0.2, 0.25) is 0 Å². The average Bonchev–Trinajstić information content (AvgIpc) is 2.75. The van der Waals surface area contributed by atoms with Crippen LogP contribution in [0.3, 0.4) is 0 Å². The largest absolute Gasteiger partial charge is 0.299 e. The maximum absolute atomic E-state index is 11.7. The molecule has 0 fully saturated rings. The van der Waals surface area contributed by atoms with Crippen LogP contribution in [0.15, 0.2) is 5.38 Å². The van der Waals surface area contributed by atoms with Gasteiger partial charge in [-0.15, -0.1) is 11.3 Å². The van der Waals surface area contributed by atoms with Crippen molar-refractivity contribution in [3.63, 3.8) is 0 Å². The standard InChI is InChI=1S/C14H21NO2S/c1-3-4-5-6-7-8-12(16)9-14(17)13-10-18-11(2)15-13/h10H,3-9H2,1-2H3. The predicted octanol–water partition coefficient (Wildman–Crippen LogP) is 3.95. The maximum Gasteiger partial charge on any atom is 0.189 e. The molecule has 0 saturated heterocycles. The van der Waals surface area contributed by atoms with Crippen LogP contribution in [0.4, 0.5) is 0 Å². The highest BCUT2D eigenvalue weighted by atomic mass is 32.1. The summed E-state index contributed by atoms with van der Waals surface area (Å²) >= 11 is 1.44. The minimum absolute atomic E-state index is 0.0109. The molecule has 4 heteroatoms. The predicted molar refractivity (Wildman–Crippen MR) is 74.2 cm³/mol. The highest BCUT2D eigenvalue weighted by Gasteiger charge is 2.13. The monoisotopic (exact) mass is 267 g/mol. The average molecular weight is 267 g/mol. The van der Waals surface area contributed by atoms with Crippen molar-refractivity contribution in [3.8, 4) is 0 Å². The highest BCUT2D eigenvalue weighted by Crippen LogP contribution is 2.12. The van der Waals surface area contributed by atoms with Crippen LogP contribution < -0.4 is 0 Å². The molecule has 0 amide bonds. The van der Waals surface area contributed by atoms with Crippen molar-refractivity contribution in [2.24, 2.45) is 0 Å². The molecule has 1 rings (SSSR count). The first-order valence-electron chi connectivity index (χ1n) is 6.60. The van der Waals surface area contributed by atoms with Gasteiger partial charge in [0, 0.05) is 11.8 Å². The Labute approximate surface area is 113 Å². The fourth-order valence-corrected chi connectivity index (χ4v) is 2.39. The quantitative estimate of drug-likeness (QED) is 0.386. The number of ketones is 2. The van der Waals surface area contributed by atoms with Crippen molar-refractivity contribution >= 4 is 22.9 Å². The van der Waals surface area contributed by atoms with Gasteiger partial charge in [0.1, 0.15) is 11.5 Å². The first-order valence-corrected chi connectivity index (χ1v) is 7.48. The molecule has 1 aromatic heterocycles. The number of hydrogen-bond acceptors (Lipinski definition) is 4. The zero-order chi connectivity index (χ0) is 13.4. The van der Waals surface area contributed by atoms with E-state index in [1.165, 1.54) is 30.6 Å². The molecule has 1 heterocycles. The van der Waals surface area contributed by atoms with Gasteiger partial charge in [-0.1, -0.05) is 32.6 Å². The fraction of sp³-hybridized carbons (Fsp3) is 0.643. The molecule has 0 aliphatic heterocycles. The summed E-state index contributed by atoms with van der Waals surface area (Å²) in [7, 11) is 0. The van der Waals surface area contributed by atoms with Gasteiger partial charge in [0.05, 0.1) is 11.4 Å². The number of hydrogen-bond donors (Lipinski definition) is 0. The molecule has 0 atom stereocenters. The zero-order valence-corrected chi connectivity index (χ0v) is 12.0. The molecule has 0 aliphatic rings. The Kier molecular flexibility index (Phi) is 6.80. The van der Waals surface area contributed by atoms with E-state index in [2.05, 4.69) is 11.9 Å². The Balaban J connectivity index is 2.22. The second-order valence-electron chi connectivity index (χ2n) is 4.55. The van der Waals surface area contributed by atoms with Gasteiger partial charge < -0.3 is 0 Å². The molecule has 0 unspecified atom stereocenters. The van der Waals surface area contributed by atoms with Crippen molar-refractivity contribution in [1.29, 1.82) is 0 Å². The molecule has 0 bridgehead atoms. The summed E-state index contributed by atoms with van der Waals surface area (Å²) in [6.45, 7) is 4.02. The summed E-state index contributed by atoms with van der Waals surface area (Å²) in [6.07, 6.45) is 6.14. The molecular formula is C14H21NO2S. The first kappa shape index (κ1) is 15.0. The lowest BCUT2D eigenvalue weighted by molar-refractivity contribution is -0.118. The van der Waals surface area contributed by atoms with E-state index < -0.39 is 0 Å². The summed E-state index contributed by atoms with van der Waals surface area (Å²) in [6, 6.07) is 0. The van der Waals surface area contributed by atoms with Crippen molar-refractivity contribution in [1.82, 2.24) is 4.98 Å². The Bertz CT molecular complexity index is 398. The van der Waals surface area contributed by atoms with Crippen molar-refractivity contribution < 1.29 is 9.59 Å². The summed E-state index contributed by atoms with van der Waals surface area (Å²) in [5, 5.41) is 2.59. The molecule has 0 N–H and O–H groups in total. The lowest BCUT2D eigenvalue weighted by Crippen LogP contribution is -2.08. The van der Waals surface area contributed by atoms with E-state index in [-0.39, 0.29) is 18.0 Å². The topological polar surface area (TPSA) is 47.0 Å². The minimum Gasteiger partial charge on any atom is -0.299 e. The second kappa shape index (κ2) is 8.14. The zero-order valence-electron chi connectivity index (χ0n) is 11.2. The Morgan fingerprint density at radius 1 is 1.22 bits per heavy atom. The molecule has 0 aliphatic carbocycles. The molecule has 0 saturated carbocycles.